The van der Waals surface area contributed by atoms with E-state index in [0.717, 1.165) is 23.5 Å². The Bertz CT molecular complexity index is 481. The van der Waals surface area contributed by atoms with Crippen molar-refractivity contribution in [1.82, 2.24) is 0 Å². The zero-order valence-electron chi connectivity index (χ0n) is 11.8. The molecule has 0 radical (unpaired) electrons. The number of rotatable bonds is 2. The summed E-state index contributed by atoms with van der Waals surface area (Å²) in [5.41, 5.74) is 1.20. The Balaban J connectivity index is 1.82. The summed E-state index contributed by atoms with van der Waals surface area (Å²) < 4.78 is 11.5. The second-order valence-corrected chi connectivity index (χ2v) is 6.68. The lowest BCUT2D eigenvalue weighted by atomic mass is 9.99. The number of benzene rings is 1. The van der Waals surface area contributed by atoms with Gasteiger partial charge in [0, 0.05) is 5.92 Å². The summed E-state index contributed by atoms with van der Waals surface area (Å²) in [6, 6.07) is 5.81. The second-order valence-electron chi connectivity index (χ2n) is 6.68. The van der Waals surface area contributed by atoms with Crippen molar-refractivity contribution in [3.05, 3.63) is 23.8 Å². The molecule has 3 rings (SSSR count). The van der Waals surface area contributed by atoms with Crippen LogP contribution < -0.4 is 9.47 Å². The Morgan fingerprint density at radius 2 is 1.84 bits per heavy atom. The van der Waals surface area contributed by atoms with E-state index in [0.29, 0.717) is 25.0 Å². The molecule has 0 bridgehead atoms. The average molecular weight is 262 g/mol. The second kappa shape index (κ2) is 4.41. The normalized spacial score (nSPS) is 29.5. The zero-order valence-corrected chi connectivity index (χ0v) is 11.8. The molecule has 3 heteroatoms. The van der Waals surface area contributed by atoms with E-state index in [4.69, 9.17) is 9.47 Å². The number of hydrogen-bond donors (Lipinski definition) is 1. The quantitative estimate of drug-likeness (QED) is 0.889. The number of fused-ring (bicyclic) bond motifs is 1. The highest BCUT2D eigenvalue weighted by Crippen LogP contribution is 2.58. The van der Waals surface area contributed by atoms with Crippen LogP contribution in [0.25, 0.3) is 0 Å². The van der Waals surface area contributed by atoms with Crippen LogP contribution in [0, 0.1) is 17.3 Å². The van der Waals surface area contributed by atoms with Crippen LogP contribution in [0.1, 0.15) is 38.9 Å². The molecule has 1 N–H and O–H groups in total. The Labute approximate surface area is 114 Å². The fraction of sp³-hybridized carbons (Fsp3) is 0.625. The van der Waals surface area contributed by atoms with Crippen molar-refractivity contribution in [2.75, 3.05) is 13.2 Å². The van der Waals surface area contributed by atoms with E-state index in [1.165, 1.54) is 0 Å². The smallest absolute Gasteiger partial charge is 0.161 e. The zero-order chi connectivity index (χ0) is 13.6. The summed E-state index contributed by atoms with van der Waals surface area (Å²) in [7, 11) is 0. The summed E-state index contributed by atoms with van der Waals surface area (Å²) >= 11 is 0. The van der Waals surface area contributed by atoms with Crippen molar-refractivity contribution in [3.63, 3.8) is 0 Å². The highest BCUT2D eigenvalue weighted by Gasteiger charge is 2.50. The monoisotopic (exact) mass is 262 g/mol. The molecule has 3 nitrogen and oxygen atoms in total. The first-order valence-corrected chi connectivity index (χ1v) is 7.05. The van der Waals surface area contributed by atoms with Crippen molar-refractivity contribution >= 4 is 0 Å². The Morgan fingerprint density at radius 1 is 1.21 bits per heavy atom. The third-order valence-corrected chi connectivity index (χ3v) is 4.33. The van der Waals surface area contributed by atoms with E-state index in [9.17, 15) is 5.11 Å². The Kier molecular flexibility index (Phi) is 2.97. The molecule has 1 aromatic carbocycles. The van der Waals surface area contributed by atoms with Crippen molar-refractivity contribution in [1.29, 1.82) is 0 Å². The van der Waals surface area contributed by atoms with Gasteiger partial charge in [0.15, 0.2) is 11.5 Å². The molecule has 0 amide bonds. The van der Waals surface area contributed by atoms with Gasteiger partial charge in [-0.05, 0) is 35.4 Å². The van der Waals surface area contributed by atoms with Crippen molar-refractivity contribution in [3.8, 4) is 11.5 Å². The molecule has 0 saturated heterocycles. The SMILES string of the molecule is CC1COc2ccc(C(O)C3CC3(C)C)cc2OC1. The van der Waals surface area contributed by atoms with Crippen LogP contribution in [-0.4, -0.2) is 18.3 Å². The molecule has 0 spiro atoms. The average Bonchev–Trinajstić information content (AvgIpc) is 3.06. The van der Waals surface area contributed by atoms with E-state index in [2.05, 4.69) is 20.8 Å². The van der Waals surface area contributed by atoms with Gasteiger partial charge < -0.3 is 14.6 Å². The minimum Gasteiger partial charge on any atom is -0.489 e. The third kappa shape index (κ3) is 2.44. The van der Waals surface area contributed by atoms with Crippen molar-refractivity contribution < 1.29 is 14.6 Å². The maximum Gasteiger partial charge on any atom is 0.161 e. The first kappa shape index (κ1) is 12.8. The first-order chi connectivity index (χ1) is 8.97. The molecule has 104 valence electrons. The van der Waals surface area contributed by atoms with Crippen LogP contribution in [0.2, 0.25) is 0 Å². The number of hydrogen-bond acceptors (Lipinski definition) is 3. The molecule has 1 saturated carbocycles. The summed E-state index contributed by atoms with van der Waals surface area (Å²) in [5.74, 6) is 2.30. The van der Waals surface area contributed by atoms with E-state index < -0.39 is 6.10 Å². The first-order valence-electron chi connectivity index (χ1n) is 7.05. The molecular formula is C16H22O3. The maximum absolute atomic E-state index is 10.4. The Hall–Kier alpha value is -1.22. The Morgan fingerprint density at radius 3 is 2.47 bits per heavy atom. The highest BCUT2D eigenvalue weighted by atomic mass is 16.5. The molecule has 1 aliphatic carbocycles. The summed E-state index contributed by atoms with van der Waals surface area (Å²) in [5, 5.41) is 10.4. The van der Waals surface area contributed by atoms with Gasteiger partial charge in [-0.2, -0.15) is 0 Å². The van der Waals surface area contributed by atoms with Gasteiger partial charge in [0.05, 0.1) is 19.3 Å². The van der Waals surface area contributed by atoms with Gasteiger partial charge in [-0.1, -0.05) is 26.8 Å². The van der Waals surface area contributed by atoms with Gasteiger partial charge >= 0.3 is 0 Å². The topological polar surface area (TPSA) is 38.7 Å². The minimum atomic E-state index is -0.399. The predicted molar refractivity (Wildman–Crippen MR) is 73.4 cm³/mol. The molecular weight excluding hydrogens is 240 g/mol. The van der Waals surface area contributed by atoms with Gasteiger partial charge in [-0.15, -0.1) is 0 Å². The summed E-state index contributed by atoms with van der Waals surface area (Å²) in [6.45, 7) is 7.86. The fourth-order valence-corrected chi connectivity index (χ4v) is 2.73. The molecule has 1 aliphatic heterocycles. The predicted octanol–water partition coefficient (Wildman–Crippen LogP) is 3.17. The van der Waals surface area contributed by atoms with Crippen LogP contribution in [0.15, 0.2) is 18.2 Å². The number of aliphatic hydroxyl groups is 1. The van der Waals surface area contributed by atoms with Crippen LogP contribution in [0.3, 0.4) is 0 Å². The number of aliphatic hydroxyl groups excluding tert-OH is 1. The summed E-state index contributed by atoms with van der Waals surface area (Å²) in [6.07, 6.45) is 0.684. The molecule has 0 aromatic heterocycles. The lowest BCUT2D eigenvalue weighted by Gasteiger charge is -2.15. The minimum absolute atomic E-state index is 0.262. The van der Waals surface area contributed by atoms with Gasteiger partial charge in [-0.3, -0.25) is 0 Å². The molecule has 19 heavy (non-hydrogen) atoms. The standard InChI is InChI=1S/C16H22O3/c1-10-8-18-13-5-4-11(6-14(13)19-9-10)15(17)12-7-16(12,2)3/h4-6,10,12,15,17H,7-9H2,1-3H3. The van der Waals surface area contributed by atoms with Crippen molar-refractivity contribution in [2.24, 2.45) is 17.3 Å². The van der Waals surface area contributed by atoms with E-state index in [-0.39, 0.29) is 5.41 Å². The lowest BCUT2D eigenvalue weighted by Crippen LogP contribution is -2.12. The number of ether oxygens (including phenoxy) is 2. The van der Waals surface area contributed by atoms with Crippen molar-refractivity contribution in [2.45, 2.75) is 33.3 Å². The van der Waals surface area contributed by atoms with Crippen LogP contribution in [0.5, 0.6) is 11.5 Å². The fourth-order valence-electron chi connectivity index (χ4n) is 2.73. The highest BCUT2D eigenvalue weighted by molar-refractivity contribution is 5.44. The van der Waals surface area contributed by atoms with Gasteiger partial charge in [0.25, 0.3) is 0 Å². The molecule has 3 atom stereocenters. The van der Waals surface area contributed by atoms with E-state index >= 15 is 0 Å². The lowest BCUT2D eigenvalue weighted by molar-refractivity contribution is 0.138. The van der Waals surface area contributed by atoms with Gasteiger partial charge in [0.2, 0.25) is 0 Å². The van der Waals surface area contributed by atoms with E-state index in [1.807, 2.05) is 18.2 Å². The molecule has 3 unspecified atom stereocenters. The van der Waals surface area contributed by atoms with Gasteiger partial charge in [-0.25, -0.2) is 0 Å². The molecule has 2 aliphatic rings. The largest absolute Gasteiger partial charge is 0.489 e. The molecule has 1 fully saturated rings. The van der Waals surface area contributed by atoms with Gasteiger partial charge in [0.1, 0.15) is 0 Å². The van der Waals surface area contributed by atoms with E-state index in [1.54, 1.807) is 0 Å². The van der Waals surface area contributed by atoms with Crippen LogP contribution >= 0.6 is 0 Å². The maximum atomic E-state index is 10.4. The third-order valence-electron chi connectivity index (χ3n) is 4.33. The summed E-state index contributed by atoms with van der Waals surface area (Å²) in [4.78, 5) is 0. The molecule has 1 aromatic rings. The molecule has 1 heterocycles. The van der Waals surface area contributed by atoms with Crippen LogP contribution in [0.4, 0.5) is 0 Å². The van der Waals surface area contributed by atoms with Crippen LogP contribution in [-0.2, 0) is 0 Å².